The van der Waals surface area contributed by atoms with Crippen LogP contribution in [0.25, 0.3) is 27.6 Å². The van der Waals surface area contributed by atoms with Crippen LogP contribution in [0.2, 0.25) is 0 Å². The van der Waals surface area contributed by atoms with E-state index in [0.29, 0.717) is 46.6 Å². The van der Waals surface area contributed by atoms with E-state index in [1.165, 1.54) is 0 Å². The zero-order valence-electron chi connectivity index (χ0n) is 16.6. The Hall–Kier alpha value is -3.43. The molecule has 0 radical (unpaired) electrons. The molecule has 0 aliphatic heterocycles. The molecule has 0 aliphatic carbocycles. The van der Waals surface area contributed by atoms with Crippen molar-refractivity contribution >= 4 is 33.9 Å². The monoisotopic (exact) mass is 411 g/mol. The van der Waals surface area contributed by atoms with Gasteiger partial charge in [-0.2, -0.15) is 0 Å². The van der Waals surface area contributed by atoms with Crippen molar-refractivity contribution in [2.75, 3.05) is 40.6 Å². The Balaban J connectivity index is 1.94. The summed E-state index contributed by atoms with van der Waals surface area (Å²) in [5.41, 5.74) is 2.63. The number of hydrogen-bond acceptors (Lipinski definition) is 8. The van der Waals surface area contributed by atoms with Crippen LogP contribution >= 0.6 is 0 Å². The van der Waals surface area contributed by atoms with Crippen molar-refractivity contribution in [1.82, 2.24) is 14.4 Å². The van der Waals surface area contributed by atoms with Gasteiger partial charge in [0, 0.05) is 19.8 Å². The molecule has 9 nitrogen and oxygen atoms in total. The second-order valence-electron chi connectivity index (χ2n) is 6.51. The smallest absolute Gasteiger partial charge is 0.205 e. The molecule has 0 spiro atoms. The molecule has 0 saturated heterocycles. The second kappa shape index (κ2) is 8.52. The van der Waals surface area contributed by atoms with Gasteiger partial charge in [0.1, 0.15) is 36.2 Å². The number of hydrogen-bond donors (Lipinski definition) is 1. The summed E-state index contributed by atoms with van der Waals surface area (Å²) in [6.07, 6.45) is 2.33. The Morgan fingerprint density at radius 3 is 2.57 bits per heavy atom. The third kappa shape index (κ3) is 3.38. The molecule has 0 atom stereocenters. The highest BCUT2D eigenvalue weighted by atomic mass is 16.6. The van der Waals surface area contributed by atoms with E-state index in [-0.39, 0.29) is 24.7 Å². The van der Waals surface area contributed by atoms with E-state index in [1.807, 2.05) is 6.07 Å². The van der Waals surface area contributed by atoms with E-state index in [9.17, 15) is 9.90 Å². The number of carbonyl (C=O) groups excluding carboxylic acids is 1. The number of imidazole rings is 1. The van der Waals surface area contributed by atoms with Crippen molar-refractivity contribution in [3.63, 3.8) is 0 Å². The Bertz CT molecular complexity index is 1220. The molecule has 0 fully saturated rings. The molecule has 0 saturated carbocycles. The van der Waals surface area contributed by atoms with Gasteiger partial charge in [0.2, 0.25) is 5.75 Å². The van der Waals surface area contributed by atoms with Gasteiger partial charge in [-0.3, -0.25) is 9.20 Å². The molecular weight excluding hydrogens is 390 g/mol. The zero-order chi connectivity index (χ0) is 21.1. The number of phenolic OH excluding ortho intramolecular Hbond substituents is 1. The minimum atomic E-state index is -0.152. The van der Waals surface area contributed by atoms with Gasteiger partial charge in [-0.15, -0.1) is 0 Å². The van der Waals surface area contributed by atoms with Gasteiger partial charge in [0.15, 0.2) is 17.8 Å². The largest absolute Gasteiger partial charge is 0.503 e. The Morgan fingerprint density at radius 1 is 1.07 bits per heavy atom. The molecule has 0 unspecified atom stereocenters. The van der Waals surface area contributed by atoms with Crippen LogP contribution in [-0.2, 0) is 9.47 Å². The van der Waals surface area contributed by atoms with E-state index in [1.54, 1.807) is 43.1 Å². The number of phenols is 1. The van der Waals surface area contributed by atoms with Crippen molar-refractivity contribution in [1.29, 1.82) is 0 Å². The molecule has 4 rings (SSSR count). The maximum Gasteiger partial charge on any atom is 0.205 e. The summed E-state index contributed by atoms with van der Waals surface area (Å²) in [7, 11) is 3.14. The van der Waals surface area contributed by atoms with Crippen LogP contribution in [0.5, 0.6) is 17.2 Å². The molecule has 9 heteroatoms. The van der Waals surface area contributed by atoms with Crippen molar-refractivity contribution in [2.45, 2.75) is 0 Å². The Kier molecular flexibility index (Phi) is 5.64. The third-order valence-corrected chi connectivity index (χ3v) is 4.69. The third-order valence-electron chi connectivity index (χ3n) is 4.69. The molecular formula is C21H21N3O6. The first kappa shape index (κ1) is 19.9. The number of para-hydroxylation sites is 1. The molecule has 0 amide bonds. The summed E-state index contributed by atoms with van der Waals surface area (Å²) in [5.74, 6) is 0.365. The fraction of sp³-hybridized carbons (Fsp3) is 0.286. The van der Waals surface area contributed by atoms with Crippen LogP contribution in [0.1, 0.15) is 10.4 Å². The van der Waals surface area contributed by atoms with Gasteiger partial charge in [0.25, 0.3) is 0 Å². The van der Waals surface area contributed by atoms with E-state index < -0.39 is 0 Å². The molecule has 2 aromatic heterocycles. The lowest BCUT2D eigenvalue weighted by molar-refractivity contribution is 0.112. The fourth-order valence-corrected chi connectivity index (χ4v) is 3.28. The first-order chi connectivity index (χ1) is 14.7. The number of nitrogens with zero attached hydrogens (tertiary/aromatic N) is 3. The van der Waals surface area contributed by atoms with Crippen LogP contribution in [-0.4, -0.2) is 66.4 Å². The summed E-state index contributed by atoms with van der Waals surface area (Å²) < 4.78 is 23.3. The predicted molar refractivity (Wildman–Crippen MR) is 110 cm³/mol. The highest BCUT2D eigenvalue weighted by molar-refractivity contribution is 6.03. The number of benzene rings is 2. The van der Waals surface area contributed by atoms with Crippen molar-refractivity contribution in [2.24, 2.45) is 0 Å². The number of ether oxygens (including phenoxy) is 4. The van der Waals surface area contributed by atoms with E-state index in [0.717, 1.165) is 11.8 Å². The average Bonchev–Trinajstić information content (AvgIpc) is 3.15. The maximum absolute atomic E-state index is 11.4. The molecule has 0 aliphatic rings. The SMILES string of the molecule is COCCOc1cc2c(ncn3c4cccc(C=O)c4nc23)c(O)c1OCCOC. The number of fused-ring (bicyclic) bond motifs is 5. The average molecular weight is 411 g/mol. The number of carbonyl (C=O) groups is 1. The van der Waals surface area contributed by atoms with Crippen LogP contribution in [0.15, 0.2) is 30.6 Å². The lowest BCUT2D eigenvalue weighted by atomic mass is 10.2. The van der Waals surface area contributed by atoms with E-state index >= 15 is 0 Å². The number of aromatic hydroxyl groups is 1. The van der Waals surface area contributed by atoms with Gasteiger partial charge in [-0.05, 0) is 18.2 Å². The van der Waals surface area contributed by atoms with Gasteiger partial charge in [-0.1, -0.05) is 6.07 Å². The summed E-state index contributed by atoms with van der Waals surface area (Å²) >= 11 is 0. The minimum absolute atomic E-state index is 0.152. The molecule has 2 aromatic carbocycles. The molecule has 2 heterocycles. The van der Waals surface area contributed by atoms with E-state index in [2.05, 4.69) is 9.97 Å². The summed E-state index contributed by atoms with van der Waals surface area (Å²) in [4.78, 5) is 20.5. The highest BCUT2D eigenvalue weighted by Gasteiger charge is 2.20. The first-order valence-electron chi connectivity index (χ1n) is 9.33. The van der Waals surface area contributed by atoms with Crippen LogP contribution in [0.3, 0.4) is 0 Å². The van der Waals surface area contributed by atoms with E-state index in [4.69, 9.17) is 18.9 Å². The normalized spacial score (nSPS) is 11.4. The van der Waals surface area contributed by atoms with Crippen molar-refractivity contribution < 1.29 is 28.8 Å². The molecule has 1 N–H and O–H groups in total. The summed E-state index contributed by atoms with van der Waals surface area (Å²) in [6, 6.07) is 7.07. The molecule has 30 heavy (non-hydrogen) atoms. The van der Waals surface area contributed by atoms with Gasteiger partial charge < -0.3 is 24.1 Å². The fourth-order valence-electron chi connectivity index (χ4n) is 3.28. The maximum atomic E-state index is 11.4. The van der Waals surface area contributed by atoms with Crippen LogP contribution in [0.4, 0.5) is 0 Å². The van der Waals surface area contributed by atoms with Crippen molar-refractivity contribution in [3.05, 3.63) is 36.2 Å². The summed E-state index contributed by atoms with van der Waals surface area (Å²) in [5, 5.41) is 11.5. The second-order valence-corrected chi connectivity index (χ2v) is 6.51. The van der Waals surface area contributed by atoms with Gasteiger partial charge in [0.05, 0.1) is 24.1 Å². The van der Waals surface area contributed by atoms with Crippen LogP contribution < -0.4 is 9.47 Å². The van der Waals surface area contributed by atoms with Crippen molar-refractivity contribution in [3.8, 4) is 17.2 Å². The predicted octanol–water partition coefficient (Wildman–Crippen LogP) is 2.60. The number of methoxy groups -OCH3 is 2. The lowest BCUT2D eigenvalue weighted by Crippen LogP contribution is -2.09. The number of aromatic nitrogens is 3. The Morgan fingerprint density at radius 2 is 1.83 bits per heavy atom. The van der Waals surface area contributed by atoms with Gasteiger partial charge >= 0.3 is 0 Å². The standard InChI is InChI=1S/C21H21N3O6/c1-27-6-8-29-16-10-14-18(19(26)20(16)30-9-7-28-2)22-12-24-15-5-3-4-13(11-25)17(15)23-21(14)24/h3-5,10-12,26H,6-9H2,1-2H3. The van der Waals surface area contributed by atoms with Gasteiger partial charge in [-0.25, -0.2) is 9.97 Å². The summed E-state index contributed by atoms with van der Waals surface area (Å²) in [6.45, 7) is 1.22. The zero-order valence-corrected chi connectivity index (χ0v) is 16.6. The molecule has 0 bridgehead atoms. The highest BCUT2D eigenvalue weighted by Crippen LogP contribution is 2.43. The first-order valence-corrected chi connectivity index (χ1v) is 9.33. The minimum Gasteiger partial charge on any atom is -0.503 e. The number of aldehydes is 1. The number of rotatable bonds is 9. The molecule has 156 valence electrons. The Labute approximate surface area is 171 Å². The van der Waals surface area contributed by atoms with Crippen LogP contribution in [0, 0.1) is 0 Å². The lowest BCUT2D eigenvalue weighted by Gasteiger charge is -2.15. The topological polar surface area (TPSA) is 104 Å². The molecule has 4 aromatic rings. The quantitative estimate of drug-likeness (QED) is 0.331.